The summed E-state index contributed by atoms with van der Waals surface area (Å²) in [6, 6.07) is -2.08. The van der Waals surface area contributed by atoms with Crippen molar-refractivity contribution in [1.29, 1.82) is 0 Å². The van der Waals surface area contributed by atoms with Crippen molar-refractivity contribution in [2.45, 2.75) is 141 Å². The van der Waals surface area contributed by atoms with E-state index in [1.54, 1.807) is 0 Å². The van der Waals surface area contributed by atoms with Crippen molar-refractivity contribution in [1.82, 2.24) is 4.90 Å². The number of aliphatic hydroxyl groups excluding tert-OH is 1. The monoisotopic (exact) mass is 469 g/mol. The molecular weight excluding hydrogens is 418 g/mol. The number of hydrogen-bond donors (Lipinski definition) is 3. The summed E-state index contributed by atoms with van der Waals surface area (Å²) in [7, 11) is 0. The van der Waals surface area contributed by atoms with Gasteiger partial charge in [0.25, 0.3) is 0 Å². The van der Waals surface area contributed by atoms with Crippen LogP contribution in [0.5, 0.6) is 0 Å². The third kappa shape index (κ3) is 15.3. The summed E-state index contributed by atoms with van der Waals surface area (Å²) in [6.45, 7) is 4.15. The van der Waals surface area contributed by atoms with Gasteiger partial charge in [-0.2, -0.15) is 0 Å². The van der Waals surface area contributed by atoms with Crippen molar-refractivity contribution in [3.63, 3.8) is 0 Å². The molecule has 7 nitrogen and oxygen atoms in total. The molecule has 0 aromatic rings. The Kier molecular flexibility index (Phi) is 20.4. The molecule has 7 heteroatoms. The van der Waals surface area contributed by atoms with E-state index < -0.39 is 30.0 Å². The number of carbonyl (C=O) groups is 3. The second-order valence-electron chi connectivity index (χ2n) is 9.35. The van der Waals surface area contributed by atoms with Crippen LogP contribution in [-0.4, -0.2) is 52.8 Å². The molecule has 3 atom stereocenters. The number of carbonyl (C=O) groups excluding carboxylic acids is 3. The standard InChI is InChI=1S/C26H51N3O4/c1-3-4-5-6-7-8-9-10-11-12-13-14-15-19-25(32)29(24(21-30)22(2)31)26(33)23(28)18-16-17-20-27/h21-24,31H,3-20,27-28H2,1-2H3/t22-,23+,24-/m1/s1. The van der Waals surface area contributed by atoms with E-state index in [1.807, 2.05) is 0 Å². The van der Waals surface area contributed by atoms with Crippen molar-refractivity contribution < 1.29 is 19.5 Å². The van der Waals surface area contributed by atoms with Crippen LogP contribution in [0.25, 0.3) is 0 Å². The molecule has 0 bridgehead atoms. The lowest BCUT2D eigenvalue weighted by molar-refractivity contribution is -0.153. The maximum Gasteiger partial charge on any atom is 0.246 e. The number of unbranched alkanes of at least 4 members (excludes halogenated alkanes) is 13. The van der Waals surface area contributed by atoms with Gasteiger partial charge in [0, 0.05) is 6.42 Å². The molecule has 0 saturated heterocycles. The van der Waals surface area contributed by atoms with Crippen LogP contribution in [0.3, 0.4) is 0 Å². The molecule has 0 saturated carbocycles. The molecule has 5 N–H and O–H groups in total. The van der Waals surface area contributed by atoms with Gasteiger partial charge in [-0.25, -0.2) is 0 Å². The van der Waals surface area contributed by atoms with Crippen molar-refractivity contribution in [2.75, 3.05) is 6.54 Å². The highest BCUT2D eigenvalue weighted by Gasteiger charge is 2.34. The van der Waals surface area contributed by atoms with Gasteiger partial charge in [0.05, 0.1) is 12.1 Å². The predicted molar refractivity (Wildman–Crippen MR) is 135 cm³/mol. The molecule has 2 amide bonds. The lowest BCUT2D eigenvalue weighted by atomic mass is 10.0. The highest BCUT2D eigenvalue weighted by molar-refractivity contribution is 6.00. The molecule has 0 aliphatic carbocycles. The van der Waals surface area contributed by atoms with Crippen LogP contribution in [0.4, 0.5) is 0 Å². The summed E-state index contributed by atoms with van der Waals surface area (Å²) in [6.07, 6.45) is 16.9. The SMILES string of the molecule is CCCCCCCCCCCCCCCC(=O)N(C(=O)[C@@H](N)CCCCN)[C@H](C=O)[C@@H](C)O. The maximum atomic E-state index is 12.8. The molecule has 0 rings (SSSR count). The van der Waals surface area contributed by atoms with Gasteiger partial charge in [-0.15, -0.1) is 0 Å². The van der Waals surface area contributed by atoms with Crippen LogP contribution in [-0.2, 0) is 14.4 Å². The molecule has 33 heavy (non-hydrogen) atoms. The number of nitrogens with zero attached hydrogens (tertiary/aromatic N) is 1. The third-order valence-electron chi connectivity index (χ3n) is 6.22. The Morgan fingerprint density at radius 3 is 1.76 bits per heavy atom. The Balaban J connectivity index is 4.28. The first-order valence-corrected chi connectivity index (χ1v) is 13.4. The molecule has 0 aromatic heterocycles. The summed E-state index contributed by atoms with van der Waals surface area (Å²) in [5.74, 6) is -1.03. The molecule has 0 heterocycles. The van der Waals surface area contributed by atoms with Crippen LogP contribution in [0, 0.1) is 0 Å². The fourth-order valence-electron chi connectivity index (χ4n) is 4.05. The number of rotatable bonds is 22. The van der Waals surface area contributed by atoms with Gasteiger partial charge < -0.3 is 21.4 Å². The van der Waals surface area contributed by atoms with Gasteiger partial charge >= 0.3 is 0 Å². The van der Waals surface area contributed by atoms with Gasteiger partial charge in [-0.05, 0) is 32.7 Å². The second-order valence-corrected chi connectivity index (χ2v) is 9.35. The number of imide groups is 1. The maximum absolute atomic E-state index is 12.8. The first kappa shape index (κ1) is 31.7. The van der Waals surface area contributed by atoms with Crippen LogP contribution in [0.15, 0.2) is 0 Å². The van der Waals surface area contributed by atoms with E-state index in [1.165, 1.54) is 64.7 Å². The van der Waals surface area contributed by atoms with Crippen molar-refractivity contribution in [3.8, 4) is 0 Å². The van der Waals surface area contributed by atoms with E-state index in [4.69, 9.17) is 11.5 Å². The molecule has 194 valence electrons. The molecular formula is C26H51N3O4. The minimum absolute atomic E-state index is 0.177. The summed E-state index contributed by atoms with van der Waals surface area (Å²) >= 11 is 0. The van der Waals surface area contributed by atoms with E-state index in [0.29, 0.717) is 32.1 Å². The largest absolute Gasteiger partial charge is 0.391 e. The highest BCUT2D eigenvalue weighted by atomic mass is 16.3. The Labute approximate surface area is 202 Å². The number of hydrogen-bond acceptors (Lipinski definition) is 6. The van der Waals surface area contributed by atoms with E-state index in [9.17, 15) is 19.5 Å². The summed E-state index contributed by atoms with van der Waals surface area (Å²) in [5, 5.41) is 9.93. The lowest BCUT2D eigenvalue weighted by Gasteiger charge is -2.30. The first-order chi connectivity index (χ1) is 15.9. The molecule has 0 unspecified atom stereocenters. The van der Waals surface area contributed by atoms with Crippen molar-refractivity contribution in [3.05, 3.63) is 0 Å². The number of aliphatic hydroxyl groups is 1. The summed E-state index contributed by atoms with van der Waals surface area (Å²) in [5.41, 5.74) is 11.5. The lowest BCUT2D eigenvalue weighted by Crippen LogP contribution is -2.55. The molecule has 0 radical (unpaired) electrons. The van der Waals surface area contributed by atoms with E-state index in [2.05, 4.69) is 6.92 Å². The molecule has 0 fully saturated rings. The average Bonchev–Trinajstić information content (AvgIpc) is 2.79. The Morgan fingerprint density at radius 1 is 0.848 bits per heavy atom. The fraction of sp³-hybridized carbons (Fsp3) is 0.885. The van der Waals surface area contributed by atoms with E-state index in [0.717, 1.165) is 30.6 Å². The number of amides is 2. The highest BCUT2D eigenvalue weighted by Crippen LogP contribution is 2.15. The zero-order valence-electron chi connectivity index (χ0n) is 21.3. The van der Waals surface area contributed by atoms with Crippen molar-refractivity contribution >= 4 is 18.1 Å². The minimum atomic E-state index is -1.20. The van der Waals surface area contributed by atoms with Crippen LogP contribution in [0.1, 0.15) is 123 Å². The normalized spacial score (nSPS) is 14.0. The first-order valence-electron chi connectivity index (χ1n) is 13.4. The predicted octanol–water partition coefficient (Wildman–Crippen LogP) is 4.23. The van der Waals surface area contributed by atoms with Gasteiger partial charge in [0.1, 0.15) is 12.3 Å². The molecule has 0 aromatic carbocycles. The quantitative estimate of drug-likeness (QED) is 0.161. The smallest absolute Gasteiger partial charge is 0.246 e. The van der Waals surface area contributed by atoms with Gasteiger partial charge in [0.15, 0.2) is 0 Å². The van der Waals surface area contributed by atoms with Gasteiger partial charge in [0.2, 0.25) is 11.8 Å². The molecule has 0 aliphatic heterocycles. The van der Waals surface area contributed by atoms with Crippen LogP contribution < -0.4 is 11.5 Å². The summed E-state index contributed by atoms with van der Waals surface area (Å²) < 4.78 is 0. The minimum Gasteiger partial charge on any atom is -0.391 e. The van der Waals surface area contributed by atoms with E-state index >= 15 is 0 Å². The Bertz CT molecular complexity index is 514. The van der Waals surface area contributed by atoms with Crippen molar-refractivity contribution in [2.24, 2.45) is 11.5 Å². The zero-order chi connectivity index (χ0) is 24.9. The van der Waals surface area contributed by atoms with Gasteiger partial charge in [-0.1, -0.05) is 90.4 Å². The number of nitrogens with two attached hydrogens (primary N) is 2. The summed E-state index contributed by atoms with van der Waals surface area (Å²) in [4.78, 5) is 38.0. The van der Waals surface area contributed by atoms with Crippen LogP contribution >= 0.6 is 0 Å². The average molecular weight is 470 g/mol. The Morgan fingerprint density at radius 2 is 1.33 bits per heavy atom. The van der Waals surface area contributed by atoms with Gasteiger partial charge in [-0.3, -0.25) is 14.5 Å². The second kappa shape index (κ2) is 21.2. The topological polar surface area (TPSA) is 127 Å². The zero-order valence-corrected chi connectivity index (χ0v) is 21.3. The third-order valence-corrected chi connectivity index (χ3v) is 6.22. The molecule has 0 aliphatic rings. The fourth-order valence-corrected chi connectivity index (χ4v) is 4.05. The Hall–Kier alpha value is -1.31. The number of aldehydes is 1. The van der Waals surface area contributed by atoms with Crippen LogP contribution in [0.2, 0.25) is 0 Å². The molecule has 0 spiro atoms. The van der Waals surface area contributed by atoms with E-state index in [-0.39, 0.29) is 6.42 Å².